The molecule has 16 heavy (non-hydrogen) atoms. The van der Waals surface area contributed by atoms with Gasteiger partial charge in [0.1, 0.15) is 0 Å². The molecule has 0 spiro atoms. The van der Waals surface area contributed by atoms with Crippen molar-refractivity contribution < 1.29 is 9.32 Å². The van der Waals surface area contributed by atoms with Gasteiger partial charge in [-0.3, -0.25) is 4.21 Å². The van der Waals surface area contributed by atoms with Crippen molar-refractivity contribution in [2.45, 2.75) is 24.2 Å². The summed E-state index contributed by atoms with van der Waals surface area (Å²) in [7, 11) is -1.07. The first-order chi connectivity index (χ1) is 7.59. The highest BCUT2D eigenvalue weighted by Crippen LogP contribution is 2.14. The quantitative estimate of drug-likeness (QED) is 0.781. The lowest BCUT2D eigenvalue weighted by molar-refractivity contribution is 0.193. The fourth-order valence-corrected chi connectivity index (χ4v) is 3.36. The Hall–Kier alpha value is -0.230. The van der Waals surface area contributed by atoms with Crippen molar-refractivity contribution in [3.05, 3.63) is 17.5 Å². The van der Waals surface area contributed by atoms with Crippen LogP contribution < -0.4 is 5.32 Å². The number of thiophene rings is 1. The van der Waals surface area contributed by atoms with E-state index in [1.165, 1.54) is 11.3 Å². The van der Waals surface area contributed by atoms with E-state index in [-0.39, 0.29) is 0 Å². The van der Waals surface area contributed by atoms with Crippen molar-refractivity contribution in [3.8, 4) is 0 Å². The minimum atomic E-state index is -1.07. The van der Waals surface area contributed by atoms with Crippen LogP contribution in [0.25, 0.3) is 0 Å². The van der Waals surface area contributed by atoms with Crippen LogP contribution >= 0.6 is 11.3 Å². The first-order valence-corrected chi connectivity index (χ1v) is 7.60. The minimum Gasteiger partial charge on any atom is -0.391 e. The van der Waals surface area contributed by atoms with Crippen molar-refractivity contribution in [1.29, 1.82) is 0 Å². The molecule has 2 unspecified atom stereocenters. The van der Waals surface area contributed by atoms with Gasteiger partial charge >= 0.3 is 0 Å². The average molecular weight is 261 g/mol. The number of hydrogen-bond acceptors (Lipinski definition) is 4. The second kappa shape index (κ2) is 7.17. The Bertz CT molecular complexity index is 312. The van der Waals surface area contributed by atoms with Crippen molar-refractivity contribution in [3.63, 3.8) is 0 Å². The van der Waals surface area contributed by atoms with Gasteiger partial charge in [0, 0.05) is 6.54 Å². The predicted octanol–water partition coefficient (Wildman–Crippen LogP) is 1.46. The number of aliphatic hydroxyl groups excluding tert-OH is 1. The lowest BCUT2D eigenvalue weighted by Crippen LogP contribution is -2.32. The zero-order chi connectivity index (χ0) is 12.0. The molecular weight excluding hydrogens is 242 g/mol. The molecule has 0 amide bonds. The summed E-state index contributed by atoms with van der Waals surface area (Å²) in [4.78, 5) is 0. The molecule has 1 heterocycles. The van der Waals surface area contributed by atoms with Crippen LogP contribution in [0, 0.1) is 5.92 Å². The second-order valence-corrected chi connectivity index (χ2v) is 6.82. The zero-order valence-electron chi connectivity index (χ0n) is 9.68. The molecular formula is C11H19NO2S2. The summed E-state index contributed by atoms with van der Waals surface area (Å²) in [6.45, 7) is 5.62. The van der Waals surface area contributed by atoms with E-state index < -0.39 is 16.9 Å². The van der Waals surface area contributed by atoms with Crippen LogP contribution in [0.1, 0.15) is 13.8 Å². The molecule has 0 aliphatic rings. The van der Waals surface area contributed by atoms with Crippen LogP contribution in [-0.2, 0) is 10.8 Å². The Kier molecular flexibility index (Phi) is 6.20. The first-order valence-electron chi connectivity index (χ1n) is 5.40. The van der Waals surface area contributed by atoms with Gasteiger partial charge in [0.05, 0.1) is 26.9 Å². The molecule has 0 fully saturated rings. The minimum absolute atomic E-state index is 0.311. The van der Waals surface area contributed by atoms with Gasteiger partial charge in [0.2, 0.25) is 0 Å². The van der Waals surface area contributed by atoms with E-state index in [1.54, 1.807) is 0 Å². The summed E-state index contributed by atoms with van der Waals surface area (Å²) in [5, 5.41) is 14.7. The molecule has 1 aromatic heterocycles. The van der Waals surface area contributed by atoms with Crippen LogP contribution in [0.2, 0.25) is 0 Å². The van der Waals surface area contributed by atoms with Gasteiger partial charge in [-0.05, 0) is 23.9 Å². The molecule has 2 atom stereocenters. The molecule has 0 radical (unpaired) electrons. The van der Waals surface area contributed by atoms with Crippen LogP contribution in [0.5, 0.6) is 0 Å². The van der Waals surface area contributed by atoms with Crippen LogP contribution in [0.15, 0.2) is 21.7 Å². The first kappa shape index (κ1) is 13.8. The normalized spacial score (nSPS) is 15.2. The van der Waals surface area contributed by atoms with E-state index in [2.05, 4.69) is 19.2 Å². The summed E-state index contributed by atoms with van der Waals surface area (Å²) in [6, 6.07) is 3.72. The van der Waals surface area contributed by atoms with E-state index >= 15 is 0 Å². The Morgan fingerprint density at radius 2 is 2.25 bits per heavy atom. The van der Waals surface area contributed by atoms with Crippen molar-refractivity contribution >= 4 is 22.1 Å². The molecule has 0 saturated heterocycles. The summed E-state index contributed by atoms with van der Waals surface area (Å²) in [6.07, 6.45) is -0.540. The van der Waals surface area contributed by atoms with Gasteiger partial charge in [-0.25, -0.2) is 0 Å². The van der Waals surface area contributed by atoms with Crippen LogP contribution in [0.3, 0.4) is 0 Å². The Morgan fingerprint density at radius 3 is 2.81 bits per heavy atom. The maximum Gasteiger partial charge on any atom is 0.0911 e. The maximum absolute atomic E-state index is 11.7. The van der Waals surface area contributed by atoms with Crippen molar-refractivity contribution in [2.24, 2.45) is 5.92 Å². The molecule has 0 aliphatic carbocycles. The van der Waals surface area contributed by atoms with Gasteiger partial charge in [0.25, 0.3) is 0 Å². The summed E-state index contributed by atoms with van der Waals surface area (Å²) in [5.74, 6) is 0.876. The Morgan fingerprint density at radius 1 is 1.50 bits per heavy atom. The zero-order valence-corrected chi connectivity index (χ0v) is 11.3. The molecule has 5 heteroatoms. The molecule has 3 nitrogen and oxygen atoms in total. The fourth-order valence-electron chi connectivity index (χ4n) is 1.25. The summed E-state index contributed by atoms with van der Waals surface area (Å²) >= 11 is 1.47. The number of nitrogens with one attached hydrogen (secondary N) is 1. The molecule has 2 N–H and O–H groups in total. The summed E-state index contributed by atoms with van der Waals surface area (Å²) < 4.78 is 12.6. The smallest absolute Gasteiger partial charge is 0.0911 e. The van der Waals surface area contributed by atoms with Gasteiger partial charge in [-0.15, -0.1) is 11.3 Å². The standard InChI is InChI=1S/C11H19NO2S2/c1-9(2)6-12-7-10(13)8-16(14)11-4-3-5-15-11/h3-5,9-10,12-13H,6-8H2,1-2H3. The summed E-state index contributed by atoms with van der Waals surface area (Å²) in [5.41, 5.74) is 0. The largest absolute Gasteiger partial charge is 0.391 e. The van der Waals surface area contributed by atoms with Crippen molar-refractivity contribution in [1.82, 2.24) is 5.32 Å². The molecule has 0 saturated carbocycles. The van der Waals surface area contributed by atoms with Crippen molar-refractivity contribution in [2.75, 3.05) is 18.8 Å². The van der Waals surface area contributed by atoms with Gasteiger partial charge in [0.15, 0.2) is 0 Å². The lowest BCUT2D eigenvalue weighted by Gasteiger charge is -2.12. The van der Waals surface area contributed by atoms with E-state index in [4.69, 9.17) is 0 Å². The van der Waals surface area contributed by atoms with E-state index in [1.807, 2.05) is 17.5 Å². The fraction of sp³-hybridized carbons (Fsp3) is 0.636. The maximum atomic E-state index is 11.7. The average Bonchev–Trinajstić information content (AvgIpc) is 2.69. The third-order valence-corrected chi connectivity index (χ3v) is 4.78. The highest BCUT2D eigenvalue weighted by Gasteiger charge is 2.11. The molecule has 1 aromatic rings. The molecule has 0 aliphatic heterocycles. The molecule has 0 bridgehead atoms. The predicted molar refractivity (Wildman–Crippen MR) is 69.3 cm³/mol. The third-order valence-electron chi connectivity index (χ3n) is 2.00. The van der Waals surface area contributed by atoms with Gasteiger partial charge < -0.3 is 10.4 Å². The SMILES string of the molecule is CC(C)CNCC(O)CS(=O)c1cccs1. The Labute approximate surface area is 103 Å². The highest BCUT2D eigenvalue weighted by atomic mass is 32.2. The monoisotopic (exact) mass is 261 g/mol. The van der Waals surface area contributed by atoms with Crippen LogP contribution in [0.4, 0.5) is 0 Å². The highest BCUT2D eigenvalue weighted by molar-refractivity contribution is 7.87. The van der Waals surface area contributed by atoms with Gasteiger partial charge in [-0.1, -0.05) is 19.9 Å². The lowest BCUT2D eigenvalue weighted by atomic mass is 10.2. The topological polar surface area (TPSA) is 49.3 Å². The van der Waals surface area contributed by atoms with E-state index in [9.17, 15) is 9.32 Å². The van der Waals surface area contributed by atoms with E-state index in [0.717, 1.165) is 10.8 Å². The number of aliphatic hydroxyl groups is 1. The number of hydrogen-bond donors (Lipinski definition) is 2. The molecule has 92 valence electrons. The van der Waals surface area contributed by atoms with Gasteiger partial charge in [-0.2, -0.15) is 0 Å². The third kappa shape index (κ3) is 5.21. The van der Waals surface area contributed by atoms with E-state index in [0.29, 0.717) is 18.2 Å². The second-order valence-electron chi connectivity index (χ2n) is 4.15. The Balaban J connectivity index is 2.24. The number of rotatable bonds is 7. The van der Waals surface area contributed by atoms with Crippen LogP contribution in [-0.4, -0.2) is 34.3 Å². The molecule has 0 aromatic carbocycles. The molecule has 1 rings (SSSR count).